The second-order valence-corrected chi connectivity index (χ2v) is 8.81. The van der Waals surface area contributed by atoms with Crippen molar-refractivity contribution >= 4 is 28.9 Å². The Labute approximate surface area is 231 Å². The van der Waals surface area contributed by atoms with Crippen LogP contribution in [0.2, 0.25) is 0 Å². The van der Waals surface area contributed by atoms with Crippen molar-refractivity contribution in [3.8, 4) is 17.2 Å². The van der Waals surface area contributed by atoms with Crippen molar-refractivity contribution in [3.05, 3.63) is 138 Å². The summed E-state index contributed by atoms with van der Waals surface area (Å²) < 4.78 is 16.7. The lowest BCUT2D eigenvalue weighted by Crippen LogP contribution is -2.17. The van der Waals surface area contributed by atoms with Crippen LogP contribution in [0.5, 0.6) is 17.2 Å². The molecule has 40 heavy (non-hydrogen) atoms. The monoisotopic (exact) mass is 530 g/mol. The summed E-state index contributed by atoms with van der Waals surface area (Å²) in [6.45, 7) is 0.438. The predicted octanol–water partition coefficient (Wildman–Crippen LogP) is 6.41. The fourth-order valence-corrected chi connectivity index (χ4v) is 4.05. The zero-order chi connectivity index (χ0) is 27.7. The van der Waals surface area contributed by atoms with Gasteiger partial charge in [0.1, 0.15) is 23.9 Å². The molecule has 0 fully saturated rings. The molecule has 0 bridgehead atoms. The fourth-order valence-electron chi connectivity index (χ4n) is 4.05. The highest BCUT2D eigenvalue weighted by molar-refractivity contribution is 6.04. The van der Waals surface area contributed by atoms with E-state index >= 15 is 0 Å². The summed E-state index contributed by atoms with van der Waals surface area (Å²) in [6.07, 6.45) is 1.48. The van der Waals surface area contributed by atoms with Gasteiger partial charge in [-0.3, -0.25) is 4.79 Å². The molecule has 5 rings (SSSR count). The third-order valence-corrected chi connectivity index (χ3v) is 6.18. The highest BCUT2D eigenvalue weighted by Crippen LogP contribution is 2.28. The van der Waals surface area contributed by atoms with Gasteiger partial charge in [-0.15, -0.1) is 0 Å². The molecule has 0 aliphatic carbocycles. The lowest BCUT2D eigenvalue weighted by Gasteiger charge is -2.11. The molecular weight excluding hydrogens is 504 g/mol. The molecule has 1 amide bonds. The maximum atomic E-state index is 12.8. The SMILES string of the molecule is COc1ccc(C(=O)Oc2ccc3ccccc3c2/C=N\NC(=O)c2ccc(OCc3ccccc3)cc2)cc1. The van der Waals surface area contributed by atoms with Gasteiger partial charge in [0.05, 0.1) is 18.9 Å². The van der Waals surface area contributed by atoms with Gasteiger partial charge in [-0.1, -0.05) is 60.7 Å². The lowest BCUT2D eigenvalue weighted by atomic mass is 10.0. The number of nitrogens with one attached hydrogen (secondary N) is 1. The number of methoxy groups -OCH3 is 1. The number of nitrogens with zero attached hydrogens (tertiary/aromatic N) is 1. The number of hydrogen-bond donors (Lipinski definition) is 1. The van der Waals surface area contributed by atoms with Gasteiger partial charge >= 0.3 is 5.97 Å². The van der Waals surface area contributed by atoms with Crippen molar-refractivity contribution in [2.45, 2.75) is 6.61 Å². The van der Waals surface area contributed by atoms with Crippen LogP contribution in [0.15, 0.2) is 120 Å². The lowest BCUT2D eigenvalue weighted by molar-refractivity contribution is 0.0734. The van der Waals surface area contributed by atoms with E-state index in [-0.39, 0.29) is 5.91 Å². The molecule has 0 unspecified atom stereocenters. The third-order valence-electron chi connectivity index (χ3n) is 6.18. The Morgan fingerprint density at radius 2 is 1.43 bits per heavy atom. The van der Waals surface area contributed by atoms with Gasteiger partial charge in [-0.25, -0.2) is 10.2 Å². The van der Waals surface area contributed by atoms with E-state index in [4.69, 9.17) is 14.2 Å². The van der Waals surface area contributed by atoms with Crippen LogP contribution >= 0.6 is 0 Å². The number of hydrogen-bond acceptors (Lipinski definition) is 6. The number of carbonyl (C=O) groups is 2. The quantitative estimate of drug-likeness (QED) is 0.103. The van der Waals surface area contributed by atoms with Crippen LogP contribution in [0.1, 0.15) is 31.8 Å². The Kier molecular flexibility index (Phi) is 8.12. The first kappa shape index (κ1) is 26.2. The molecule has 0 saturated carbocycles. The van der Waals surface area contributed by atoms with Crippen LogP contribution < -0.4 is 19.6 Å². The summed E-state index contributed by atoms with van der Waals surface area (Å²) >= 11 is 0. The molecule has 1 N–H and O–H groups in total. The number of carbonyl (C=O) groups excluding carboxylic acids is 2. The average molecular weight is 531 g/mol. The average Bonchev–Trinajstić information content (AvgIpc) is 3.01. The van der Waals surface area contributed by atoms with Crippen LogP contribution in [0.4, 0.5) is 0 Å². The highest BCUT2D eigenvalue weighted by Gasteiger charge is 2.14. The van der Waals surface area contributed by atoms with Gasteiger partial charge in [0.15, 0.2) is 0 Å². The van der Waals surface area contributed by atoms with Crippen molar-refractivity contribution in [3.63, 3.8) is 0 Å². The fraction of sp³-hybridized carbons (Fsp3) is 0.0606. The molecule has 0 saturated heterocycles. The molecule has 0 atom stereocenters. The second-order valence-electron chi connectivity index (χ2n) is 8.81. The van der Waals surface area contributed by atoms with Crippen LogP contribution in [0.3, 0.4) is 0 Å². The van der Waals surface area contributed by atoms with E-state index in [9.17, 15) is 9.59 Å². The minimum Gasteiger partial charge on any atom is -0.497 e. The molecule has 0 heterocycles. The first-order chi connectivity index (χ1) is 19.6. The van der Waals surface area contributed by atoms with Gasteiger partial charge < -0.3 is 14.2 Å². The number of hydrazone groups is 1. The maximum Gasteiger partial charge on any atom is 0.343 e. The molecular formula is C33H26N2O5. The molecule has 0 spiro atoms. The molecule has 198 valence electrons. The van der Waals surface area contributed by atoms with Gasteiger partial charge in [0.2, 0.25) is 0 Å². The summed E-state index contributed by atoms with van der Waals surface area (Å²) in [7, 11) is 1.56. The summed E-state index contributed by atoms with van der Waals surface area (Å²) in [5.74, 6) is 0.703. The van der Waals surface area contributed by atoms with Gasteiger partial charge in [0, 0.05) is 11.1 Å². The zero-order valence-electron chi connectivity index (χ0n) is 21.7. The van der Waals surface area contributed by atoms with Gasteiger partial charge in [-0.2, -0.15) is 5.10 Å². The number of esters is 1. The van der Waals surface area contributed by atoms with Crippen LogP contribution in [-0.4, -0.2) is 25.2 Å². The highest BCUT2D eigenvalue weighted by atomic mass is 16.5. The van der Waals surface area contributed by atoms with Crippen molar-refractivity contribution in [1.29, 1.82) is 0 Å². The van der Waals surface area contributed by atoms with E-state index in [1.807, 2.05) is 60.7 Å². The minimum absolute atomic E-state index is 0.317. The van der Waals surface area contributed by atoms with Crippen molar-refractivity contribution < 1.29 is 23.8 Å². The largest absolute Gasteiger partial charge is 0.497 e. The molecule has 5 aromatic rings. The molecule has 7 heteroatoms. The van der Waals surface area contributed by atoms with E-state index in [2.05, 4.69) is 10.5 Å². The van der Waals surface area contributed by atoms with E-state index in [0.717, 1.165) is 16.3 Å². The van der Waals surface area contributed by atoms with E-state index < -0.39 is 5.97 Å². The summed E-state index contributed by atoms with van der Waals surface area (Å²) in [4.78, 5) is 25.6. The number of fused-ring (bicyclic) bond motifs is 1. The number of benzene rings is 5. The number of amides is 1. The van der Waals surface area contributed by atoms with Crippen molar-refractivity contribution in [2.24, 2.45) is 5.10 Å². The van der Waals surface area contributed by atoms with Crippen molar-refractivity contribution in [1.82, 2.24) is 5.43 Å². The standard InChI is InChI=1S/C33H26N2O5/c1-38-27-16-13-26(14-17-27)33(37)40-31-20-15-24-9-5-6-10-29(24)30(31)21-34-35-32(36)25-11-18-28(19-12-25)39-22-23-7-3-2-4-8-23/h2-21H,22H2,1H3,(H,35,36)/b34-21-. The van der Waals surface area contributed by atoms with Crippen LogP contribution in [0.25, 0.3) is 10.8 Å². The smallest absolute Gasteiger partial charge is 0.343 e. The molecule has 7 nitrogen and oxygen atoms in total. The molecule has 0 radical (unpaired) electrons. The Balaban J connectivity index is 1.29. The Morgan fingerprint density at radius 1 is 0.750 bits per heavy atom. The Hall–Kier alpha value is -5.43. The summed E-state index contributed by atoms with van der Waals surface area (Å²) in [6, 6.07) is 34.5. The Morgan fingerprint density at radius 3 is 2.17 bits per heavy atom. The summed E-state index contributed by atoms with van der Waals surface area (Å²) in [5.41, 5.74) is 4.97. The van der Waals surface area contributed by atoms with Gasteiger partial charge in [-0.05, 0) is 70.9 Å². The van der Waals surface area contributed by atoms with Gasteiger partial charge in [0.25, 0.3) is 5.91 Å². The molecule has 0 aliphatic rings. The number of rotatable bonds is 9. The predicted molar refractivity (Wildman–Crippen MR) is 154 cm³/mol. The summed E-state index contributed by atoms with van der Waals surface area (Å²) in [5, 5.41) is 5.92. The van der Waals surface area contributed by atoms with Crippen molar-refractivity contribution in [2.75, 3.05) is 7.11 Å². The molecule has 5 aromatic carbocycles. The minimum atomic E-state index is -0.522. The normalized spacial score (nSPS) is 10.8. The van der Waals surface area contributed by atoms with E-state index in [1.165, 1.54) is 6.21 Å². The second kappa shape index (κ2) is 12.4. The van der Waals surface area contributed by atoms with E-state index in [0.29, 0.717) is 40.5 Å². The third kappa shape index (κ3) is 6.34. The van der Waals surface area contributed by atoms with Crippen LogP contribution in [-0.2, 0) is 6.61 Å². The number of ether oxygens (including phenoxy) is 3. The zero-order valence-corrected chi connectivity index (χ0v) is 21.7. The topological polar surface area (TPSA) is 86.2 Å². The first-order valence-corrected chi connectivity index (χ1v) is 12.6. The first-order valence-electron chi connectivity index (χ1n) is 12.6. The molecule has 0 aliphatic heterocycles. The van der Waals surface area contributed by atoms with E-state index in [1.54, 1.807) is 61.7 Å². The van der Waals surface area contributed by atoms with Crippen LogP contribution in [0, 0.1) is 0 Å². The molecule has 0 aromatic heterocycles. The maximum absolute atomic E-state index is 12.8. The Bertz CT molecular complexity index is 1650.